The number of aromatic nitrogens is 3. The van der Waals surface area contributed by atoms with Gasteiger partial charge in [-0.15, -0.1) is 11.3 Å². The Labute approximate surface area is 166 Å². The summed E-state index contributed by atoms with van der Waals surface area (Å²) >= 11 is 1.65. The highest BCUT2D eigenvalue weighted by Gasteiger charge is 2.16. The van der Waals surface area contributed by atoms with E-state index < -0.39 is 0 Å². The molecule has 3 heterocycles. The topological polar surface area (TPSA) is 50.4 Å². The number of thiophene rings is 1. The lowest BCUT2D eigenvalue weighted by Gasteiger charge is -2.06. The summed E-state index contributed by atoms with van der Waals surface area (Å²) in [6, 6.07) is 20.4. The van der Waals surface area contributed by atoms with Gasteiger partial charge in [-0.2, -0.15) is 9.61 Å². The first-order valence-corrected chi connectivity index (χ1v) is 9.86. The summed E-state index contributed by atoms with van der Waals surface area (Å²) in [5.74, 6) is 0.0972. The summed E-state index contributed by atoms with van der Waals surface area (Å²) in [6.07, 6.45) is 3.48. The minimum absolute atomic E-state index is 0.0972. The van der Waals surface area contributed by atoms with Crippen molar-refractivity contribution in [3.8, 4) is 38.6 Å². The molecule has 0 spiro atoms. The summed E-state index contributed by atoms with van der Waals surface area (Å²) in [4.78, 5) is 5.68. The fraction of sp³-hybridized carbons (Fsp3) is 0.0435. The maximum atomic E-state index is 10.8. The number of rotatable bonds is 3. The van der Waals surface area contributed by atoms with E-state index in [1.54, 1.807) is 23.7 Å². The lowest BCUT2D eigenvalue weighted by molar-refractivity contribution is 0.437. The fourth-order valence-corrected chi connectivity index (χ4v) is 4.21. The first kappa shape index (κ1) is 16.7. The first-order chi connectivity index (χ1) is 13.7. The number of fused-ring (bicyclic) bond motifs is 1. The van der Waals surface area contributed by atoms with Crippen molar-refractivity contribution in [2.24, 2.45) is 0 Å². The van der Waals surface area contributed by atoms with Crippen LogP contribution in [0.4, 0.5) is 0 Å². The summed E-state index contributed by atoms with van der Waals surface area (Å²) in [6.45, 7) is 2.04. The molecule has 0 radical (unpaired) electrons. The third-order valence-corrected chi connectivity index (χ3v) is 5.80. The van der Waals surface area contributed by atoms with Gasteiger partial charge in [0.05, 0.1) is 17.3 Å². The van der Waals surface area contributed by atoms with Crippen LogP contribution in [0.2, 0.25) is 0 Å². The molecular formula is C23H17N3OS. The highest BCUT2D eigenvalue weighted by Crippen LogP contribution is 2.36. The maximum Gasteiger partial charge on any atom is 0.223 e. The van der Waals surface area contributed by atoms with Crippen molar-refractivity contribution in [1.82, 2.24) is 14.6 Å². The van der Waals surface area contributed by atoms with Gasteiger partial charge in [-0.25, -0.2) is 4.98 Å². The molecule has 28 heavy (non-hydrogen) atoms. The molecule has 0 aliphatic rings. The van der Waals surface area contributed by atoms with Crippen LogP contribution >= 0.6 is 11.3 Å². The average molecular weight is 383 g/mol. The minimum atomic E-state index is 0.0972. The van der Waals surface area contributed by atoms with E-state index >= 15 is 0 Å². The number of aromatic hydroxyl groups is 1. The van der Waals surface area contributed by atoms with Crippen LogP contribution in [0, 0.1) is 6.92 Å². The van der Waals surface area contributed by atoms with Crippen LogP contribution in [0.3, 0.4) is 0 Å². The lowest BCUT2D eigenvalue weighted by atomic mass is 10.1. The molecular weight excluding hydrogens is 366 g/mol. The molecule has 1 N–H and O–H groups in total. The van der Waals surface area contributed by atoms with Gasteiger partial charge in [0.1, 0.15) is 0 Å². The van der Waals surface area contributed by atoms with Gasteiger partial charge in [-0.3, -0.25) is 0 Å². The summed E-state index contributed by atoms with van der Waals surface area (Å²) in [5.41, 5.74) is 6.66. The second-order valence-electron chi connectivity index (χ2n) is 6.72. The Hall–Kier alpha value is -3.44. The molecule has 0 atom stereocenters. The van der Waals surface area contributed by atoms with Crippen molar-refractivity contribution >= 4 is 17.0 Å². The van der Waals surface area contributed by atoms with Crippen molar-refractivity contribution in [1.29, 1.82) is 0 Å². The predicted molar refractivity (Wildman–Crippen MR) is 114 cm³/mol. The van der Waals surface area contributed by atoms with E-state index in [2.05, 4.69) is 33.7 Å². The van der Waals surface area contributed by atoms with E-state index in [-0.39, 0.29) is 5.88 Å². The third kappa shape index (κ3) is 2.77. The molecule has 5 heteroatoms. The molecule has 0 aliphatic heterocycles. The monoisotopic (exact) mass is 383 g/mol. The molecule has 5 rings (SSSR count). The third-order valence-electron chi connectivity index (χ3n) is 4.84. The second kappa shape index (κ2) is 6.62. The molecule has 0 aliphatic carbocycles. The van der Waals surface area contributed by atoms with E-state index in [1.165, 1.54) is 21.2 Å². The Morgan fingerprint density at radius 2 is 1.64 bits per heavy atom. The number of benzene rings is 2. The van der Waals surface area contributed by atoms with Crippen molar-refractivity contribution in [3.05, 3.63) is 84.0 Å². The highest BCUT2D eigenvalue weighted by molar-refractivity contribution is 7.14. The highest BCUT2D eigenvalue weighted by atomic mass is 32.1. The molecule has 3 aromatic heterocycles. The Kier molecular flexibility index (Phi) is 3.95. The van der Waals surface area contributed by atoms with E-state index in [1.807, 2.05) is 49.4 Å². The zero-order chi connectivity index (χ0) is 19.1. The number of aryl methyl sites for hydroxylation is 1. The molecule has 0 fully saturated rings. The summed E-state index contributed by atoms with van der Waals surface area (Å²) in [5, 5.41) is 17.3. The lowest BCUT2D eigenvalue weighted by Crippen LogP contribution is -1.94. The van der Waals surface area contributed by atoms with Crippen LogP contribution in [0.15, 0.2) is 78.4 Å². The van der Waals surface area contributed by atoms with Crippen LogP contribution in [-0.2, 0) is 0 Å². The van der Waals surface area contributed by atoms with Gasteiger partial charge in [-0.1, -0.05) is 60.2 Å². The maximum absolute atomic E-state index is 10.8. The molecule has 0 bridgehead atoms. The van der Waals surface area contributed by atoms with Crippen LogP contribution < -0.4 is 0 Å². The quantitative estimate of drug-likeness (QED) is 0.428. The molecule has 0 amide bonds. The molecule has 5 aromatic rings. The largest absolute Gasteiger partial charge is 0.493 e. The zero-order valence-corrected chi connectivity index (χ0v) is 16.0. The van der Waals surface area contributed by atoms with Gasteiger partial charge in [-0.05, 0) is 35.1 Å². The second-order valence-corrected chi connectivity index (χ2v) is 7.63. The molecule has 0 saturated carbocycles. The first-order valence-electron chi connectivity index (χ1n) is 8.98. The standard InChI is InChI=1S/C23H17N3OS/c1-15-7-9-17(10-8-15)19-12-24-22-20(13-25-26(22)23(19)27)21-11-18(14-28-21)16-5-3-2-4-6-16/h2-14,27H,1H3. The van der Waals surface area contributed by atoms with Crippen molar-refractivity contribution in [2.75, 3.05) is 0 Å². The van der Waals surface area contributed by atoms with Gasteiger partial charge in [0.25, 0.3) is 0 Å². The number of hydrogen-bond donors (Lipinski definition) is 1. The van der Waals surface area contributed by atoms with Gasteiger partial charge >= 0.3 is 0 Å². The van der Waals surface area contributed by atoms with Gasteiger partial charge in [0.15, 0.2) is 5.65 Å². The van der Waals surface area contributed by atoms with Crippen LogP contribution in [-0.4, -0.2) is 19.7 Å². The van der Waals surface area contributed by atoms with Crippen LogP contribution in [0.5, 0.6) is 5.88 Å². The smallest absolute Gasteiger partial charge is 0.223 e. The molecule has 136 valence electrons. The molecule has 2 aromatic carbocycles. The van der Waals surface area contributed by atoms with Gasteiger partial charge in [0.2, 0.25) is 5.88 Å². The van der Waals surface area contributed by atoms with E-state index in [0.717, 1.165) is 16.0 Å². The normalized spacial score (nSPS) is 11.2. The average Bonchev–Trinajstić information content (AvgIpc) is 3.37. The van der Waals surface area contributed by atoms with Gasteiger partial charge in [0, 0.05) is 11.1 Å². The van der Waals surface area contributed by atoms with E-state index in [0.29, 0.717) is 11.2 Å². The Morgan fingerprint density at radius 1 is 0.857 bits per heavy atom. The predicted octanol–water partition coefficient (Wildman–Crippen LogP) is 5.81. The Bertz CT molecular complexity index is 1270. The minimum Gasteiger partial charge on any atom is -0.493 e. The molecule has 0 saturated heterocycles. The van der Waals surface area contributed by atoms with Crippen molar-refractivity contribution < 1.29 is 5.11 Å². The van der Waals surface area contributed by atoms with Crippen LogP contribution in [0.25, 0.3) is 38.3 Å². The molecule has 0 unspecified atom stereocenters. The van der Waals surface area contributed by atoms with Crippen molar-refractivity contribution in [2.45, 2.75) is 6.92 Å². The number of nitrogens with zero attached hydrogens (tertiary/aromatic N) is 3. The Morgan fingerprint density at radius 3 is 2.43 bits per heavy atom. The fourth-order valence-electron chi connectivity index (χ4n) is 3.29. The SMILES string of the molecule is Cc1ccc(-c2cnc3c(-c4cc(-c5ccccc5)cs4)cnn3c2O)cc1. The van der Waals surface area contributed by atoms with E-state index in [9.17, 15) is 5.11 Å². The number of hydrogen-bond acceptors (Lipinski definition) is 4. The summed E-state index contributed by atoms with van der Waals surface area (Å²) in [7, 11) is 0. The van der Waals surface area contributed by atoms with Crippen LogP contribution in [0.1, 0.15) is 5.56 Å². The van der Waals surface area contributed by atoms with Gasteiger partial charge < -0.3 is 5.11 Å². The Balaban J connectivity index is 1.58. The zero-order valence-electron chi connectivity index (χ0n) is 15.2. The van der Waals surface area contributed by atoms with Crippen molar-refractivity contribution in [3.63, 3.8) is 0 Å². The molecule has 4 nitrogen and oxygen atoms in total. The van der Waals surface area contributed by atoms with E-state index in [4.69, 9.17) is 0 Å². The summed E-state index contributed by atoms with van der Waals surface area (Å²) < 4.78 is 1.51.